The van der Waals surface area contributed by atoms with Crippen LogP contribution in [-0.4, -0.2) is 62.1 Å². The quantitative estimate of drug-likeness (QED) is 0.457. The van der Waals surface area contributed by atoms with Crippen LogP contribution in [0.25, 0.3) is 10.9 Å². The lowest BCUT2D eigenvalue weighted by atomic mass is 10.0. The van der Waals surface area contributed by atoms with Crippen LogP contribution in [0, 0.1) is 13.8 Å². The molecule has 3 atom stereocenters. The second-order valence-corrected chi connectivity index (χ2v) is 10.4. The van der Waals surface area contributed by atoms with Gasteiger partial charge in [0.15, 0.2) is 5.82 Å². The molecule has 2 fully saturated rings. The van der Waals surface area contributed by atoms with Crippen LogP contribution in [-0.2, 0) is 22.6 Å². The van der Waals surface area contributed by atoms with Gasteiger partial charge in [0.05, 0.1) is 24.8 Å². The Morgan fingerprint density at radius 2 is 1.86 bits per heavy atom. The number of ether oxygens (including phenoxy) is 2. The van der Waals surface area contributed by atoms with Crippen molar-refractivity contribution in [1.82, 2.24) is 30.1 Å². The van der Waals surface area contributed by atoms with Crippen LogP contribution in [0.2, 0.25) is 0 Å². The minimum atomic E-state index is -0.0442. The normalized spacial score (nSPS) is 21.1. The van der Waals surface area contributed by atoms with Crippen molar-refractivity contribution in [1.29, 1.82) is 0 Å². The minimum absolute atomic E-state index is 0.0227. The third-order valence-electron chi connectivity index (χ3n) is 7.63. The Labute approximate surface area is 212 Å². The predicted octanol–water partition coefficient (Wildman–Crippen LogP) is 3.83. The van der Waals surface area contributed by atoms with Crippen molar-refractivity contribution in [3.05, 3.63) is 51.1 Å². The number of fused-ring (bicyclic) bond motifs is 1. The van der Waals surface area contributed by atoms with E-state index in [1.54, 1.807) is 0 Å². The summed E-state index contributed by atoms with van der Waals surface area (Å²) in [7, 11) is 0. The van der Waals surface area contributed by atoms with E-state index in [9.17, 15) is 4.79 Å². The predicted molar refractivity (Wildman–Crippen MR) is 138 cm³/mol. The molecule has 36 heavy (non-hydrogen) atoms. The van der Waals surface area contributed by atoms with Gasteiger partial charge in [0.1, 0.15) is 0 Å². The highest BCUT2D eigenvalue weighted by Gasteiger charge is 2.31. The second kappa shape index (κ2) is 11.2. The van der Waals surface area contributed by atoms with Gasteiger partial charge in [-0.15, -0.1) is 5.10 Å². The summed E-state index contributed by atoms with van der Waals surface area (Å²) in [6.45, 7) is 9.86. The first-order valence-electron chi connectivity index (χ1n) is 13.4. The zero-order valence-corrected chi connectivity index (χ0v) is 21.7. The average Bonchev–Trinajstić information content (AvgIpc) is 3.63. The molecule has 0 saturated carbocycles. The Balaban J connectivity index is 1.48. The lowest BCUT2D eigenvalue weighted by Crippen LogP contribution is -2.38. The molecule has 9 nitrogen and oxygen atoms in total. The van der Waals surface area contributed by atoms with E-state index in [1.807, 2.05) is 10.7 Å². The van der Waals surface area contributed by atoms with Gasteiger partial charge in [0, 0.05) is 37.4 Å². The fourth-order valence-corrected chi connectivity index (χ4v) is 5.52. The zero-order valence-electron chi connectivity index (χ0n) is 21.7. The van der Waals surface area contributed by atoms with Crippen LogP contribution in [0.5, 0.6) is 0 Å². The van der Waals surface area contributed by atoms with Gasteiger partial charge in [-0.3, -0.25) is 9.69 Å². The third kappa shape index (κ3) is 5.53. The summed E-state index contributed by atoms with van der Waals surface area (Å²) >= 11 is 0. The standard InChI is InChI=1S/C27H38N6O3/c1-4-7-25(26-29-30-31-33(26)17-23-9-6-11-36-23)32(16-22-8-5-10-35-22)15-21-14-20-12-18(2)19(3)13-24(20)28-27(21)34/h12-14,22-23,25H,4-11,15-17H2,1-3H3,(H,28,34)/t22-,23-,25-/m1/s1. The van der Waals surface area contributed by atoms with Crippen molar-refractivity contribution in [2.45, 2.75) is 90.6 Å². The van der Waals surface area contributed by atoms with Crippen LogP contribution in [0.4, 0.5) is 0 Å². The van der Waals surface area contributed by atoms with Gasteiger partial charge in [0.25, 0.3) is 5.56 Å². The molecule has 4 heterocycles. The molecule has 0 bridgehead atoms. The van der Waals surface area contributed by atoms with Gasteiger partial charge >= 0.3 is 0 Å². The molecule has 2 saturated heterocycles. The SMILES string of the molecule is CCC[C@H](c1nnnn1C[C@H]1CCCO1)N(Cc1cc2cc(C)c(C)cc2[nH]c1=O)C[C@H]1CCCO1. The Hall–Kier alpha value is -2.62. The highest BCUT2D eigenvalue weighted by molar-refractivity contribution is 5.80. The van der Waals surface area contributed by atoms with E-state index in [0.29, 0.717) is 13.1 Å². The molecule has 0 aliphatic carbocycles. The number of pyridine rings is 1. The molecule has 1 aromatic carbocycles. The van der Waals surface area contributed by atoms with Crippen molar-refractivity contribution >= 4 is 10.9 Å². The first kappa shape index (κ1) is 25.0. The number of aromatic nitrogens is 5. The maximum Gasteiger partial charge on any atom is 0.252 e. The molecule has 2 aliphatic rings. The number of nitrogens with zero attached hydrogens (tertiary/aromatic N) is 5. The van der Waals surface area contributed by atoms with Gasteiger partial charge in [0.2, 0.25) is 0 Å². The highest BCUT2D eigenvalue weighted by Crippen LogP contribution is 2.29. The number of aryl methyl sites for hydroxylation is 2. The molecule has 5 rings (SSSR count). The van der Waals surface area contributed by atoms with E-state index >= 15 is 0 Å². The summed E-state index contributed by atoms with van der Waals surface area (Å²) < 4.78 is 13.8. The Bertz CT molecular complexity index is 1230. The van der Waals surface area contributed by atoms with Gasteiger partial charge in [-0.25, -0.2) is 4.68 Å². The monoisotopic (exact) mass is 494 g/mol. The number of H-pyrrole nitrogens is 1. The molecule has 0 spiro atoms. The number of hydrogen-bond acceptors (Lipinski definition) is 7. The number of aromatic amines is 1. The molecule has 9 heteroatoms. The van der Waals surface area contributed by atoms with E-state index in [1.165, 1.54) is 11.1 Å². The lowest BCUT2D eigenvalue weighted by molar-refractivity contribution is 0.0457. The Morgan fingerprint density at radius 1 is 1.11 bits per heavy atom. The summed E-state index contributed by atoms with van der Waals surface area (Å²) in [6, 6.07) is 6.23. The van der Waals surface area contributed by atoms with Crippen molar-refractivity contribution < 1.29 is 9.47 Å². The van der Waals surface area contributed by atoms with Crippen LogP contribution in [0.3, 0.4) is 0 Å². The van der Waals surface area contributed by atoms with Gasteiger partial charge in [-0.2, -0.15) is 0 Å². The highest BCUT2D eigenvalue weighted by atomic mass is 16.5. The Kier molecular flexibility index (Phi) is 7.79. The topological polar surface area (TPSA) is 98.2 Å². The molecule has 0 amide bonds. The largest absolute Gasteiger partial charge is 0.377 e. The third-order valence-corrected chi connectivity index (χ3v) is 7.63. The van der Waals surface area contributed by atoms with E-state index < -0.39 is 0 Å². The molecule has 194 valence electrons. The molecule has 1 N–H and O–H groups in total. The van der Waals surface area contributed by atoms with E-state index in [0.717, 1.165) is 80.6 Å². The Morgan fingerprint density at radius 3 is 2.58 bits per heavy atom. The zero-order chi connectivity index (χ0) is 25.1. The van der Waals surface area contributed by atoms with Crippen LogP contribution >= 0.6 is 0 Å². The summed E-state index contributed by atoms with van der Waals surface area (Å²) in [6.07, 6.45) is 6.38. The smallest absolute Gasteiger partial charge is 0.252 e. The van der Waals surface area contributed by atoms with Gasteiger partial charge in [-0.05, 0) is 91.1 Å². The van der Waals surface area contributed by atoms with E-state index in [-0.39, 0.29) is 23.8 Å². The van der Waals surface area contributed by atoms with Crippen LogP contribution < -0.4 is 5.56 Å². The molecule has 0 radical (unpaired) electrons. The molecule has 0 unspecified atom stereocenters. The molecular weight excluding hydrogens is 456 g/mol. The number of tetrazole rings is 1. The number of hydrogen-bond donors (Lipinski definition) is 1. The molecular formula is C27H38N6O3. The van der Waals surface area contributed by atoms with Gasteiger partial charge in [-0.1, -0.05) is 13.3 Å². The first-order chi connectivity index (χ1) is 17.5. The molecule has 3 aromatic rings. The van der Waals surface area contributed by atoms with Crippen molar-refractivity contribution in [3.63, 3.8) is 0 Å². The first-order valence-corrected chi connectivity index (χ1v) is 13.4. The second-order valence-electron chi connectivity index (χ2n) is 10.4. The van der Waals surface area contributed by atoms with E-state index in [2.05, 4.69) is 58.3 Å². The molecule has 2 aromatic heterocycles. The summed E-state index contributed by atoms with van der Waals surface area (Å²) in [5.41, 5.74) is 3.98. The van der Waals surface area contributed by atoms with Crippen molar-refractivity contribution in [2.75, 3.05) is 19.8 Å². The van der Waals surface area contributed by atoms with Crippen molar-refractivity contribution in [2.24, 2.45) is 0 Å². The van der Waals surface area contributed by atoms with Gasteiger partial charge < -0.3 is 14.5 Å². The summed E-state index contributed by atoms with van der Waals surface area (Å²) in [5.74, 6) is 0.842. The van der Waals surface area contributed by atoms with E-state index in [4.69, 9.17) is 9.47 Å². The van der Waals surface area contributed by atoms with Crippen LogP contribution in [0.1, 0.15) is 74.0 Å². The summed E-state index contributed by atoms with van der Waals surface area (Å²) in [5, 5.41) is 13.9. The summed E-state index contributed by atoms with van der Waals surface area (Å²) in [4.78, 5) is 18.7. The van der Waals surface area contributed by atoms with Crippen molar-refractivity contribution in [3.8, 4) is 0 Å². The fourth-order valence-electron chi connectivity index (χ4n) is 5.52. The lowest BCUT2D eigenvalue weighted by Gasteiger charge is -2.32. The average molecular weight is 495 g/mol. The minimum Gasteiger partial charge on any atom is -0.377 e. The molecule has 2 aliphatic heterocycles. The maximum absolute atomic E-state index is 13.2. The number of rotatable bonds is 10. The maximum atomic E-state index is 13.2. The van der Waals surface area contributed by atoms with Crippen LogP contribution in [0.15, 0.2) is 23.0 Å². The number of benzene rings is 1. The number of nitrogens with one attached hydrogen (secondary N) is 1. The fraction of sp³-hybridized carbons (Fsp3) is 0.630.